The second kappa shape index (κ2) is 4.78. The highest BCUT2D eigenvalue weighted by Crippen LogP contribution is 2.64. The molecule has 0 aromatic rings. The predicted octanol–water partition coefficient (Wildman–Crippen LogP) is 4.56. The Morgan fingerprint density at radius 3 is 2.70 bits per heavy atom. The fourth-order valence-corrected chi connectivity index (χ4v) is 5.81. The molecular weight excluding hydrogens is 284 g/mol. The number of carbonyl (C=O) groups excluding carboxylic acids is 2. The molecular formula is C21H26O2. The second-order valence-corrected chi connectivity index (χ2v) is 8.36. The van der Waals surface area contributed by atoms with Gasteiger partial charge in [0.2, 0.25) is 0 Å². The fraction of sp³-hybridized carbons (Fsp3) is 0.619. The van der Waals surface area contributed by atoms with Gasteiger partial charge in [-0.05, 0) is 73.7 Å². The van der Waals surface area contributed by atoms with Crippen molar-refractivity contribution in [3.63, 3.8) is 0 Å². The molecule has 1 fully saturated rings. The van der Waals surface area contributed by atoms with E-state index in [1.54, 1.807) is 6.92 Å². The van der Waals surface area contributed by atoms with E-state index in [9.17, 15) is 9.59 Å². The van der Waals surface area contributed by atoms with Gasteiger partial charge in [0.1, 0.15) is 5.78 Å². The van der Waals surface area contributed by atoms with E-state index in [1.807, 2.05) is 6.08 Å². The first-order chi connectivity index (χ1) is 10.9. The highest BCUT2D eigenvalue weighted by atomic mass is 16.1. The topological polar surface area (TPSA) is 34.1 Å². The molecule has 0 bridgehead atoms. The lowest BCUT2D eigenvalue weighted by atomic mass is 9.55. The van der Waals surface area contributed by atoms with E-state index in [4.69, 9.17) is 0 Å². The van der Waals surface area contributed by atoms with Gasteiger partial charge in [0.25, 0.3) is 0 Å². The molecule has 0 aliphatic heterocycles. The number of hydrogen-bond acceptors (Lipinski definition) is 2. The summed E-state index contributed by atoms with van der Waals surface area (Å²) in [5.74, 6) is 1.77. The Morgan fingerprint density at radius 2 is 1.96 bits per heavy atom. The van der Waals surface area contributed by atoms with Crippen LogP contribution in [0.2, 0.25) is 0 Å². The molecule has 2 heteroatoms. The Bertz CT molecular complexity index is 693. The molecule has 0 aromatic heterocycles. The van der Waals surface area contributed by atoms with E-state index < -0.39 is 0 Å². The molecule has 0 N–H and O–H groups in total. The van der Waals surface area contributed by atoms with Gasteiger partial charge >= 0.3 is 0 Å². The smallest absolute Gasteiger partial charge is 0.156 e. The zero-order valence-electron chi connectivity index (χ0n) is 14.4. The average molecular weight is 310 g/mol. The van der Waals surface area contributed by atoms with Gasteiger partial charge in [-0.2, -0.15) is 0 Å². The summed E-state index contributed by atoms with van der Waals surface area (Å²) in [4.78, 5) is 24.1. The zero-order valence-corrected chi connectivity index (χ0v) is 14.4. The Morgan fingerprint density at radius 1 is 1.17 bits per heavy atom. The van der Waals surface area contributed by atoms with Crippen molar-refractivity contribution in [1.29, 1.82) is 0 Å². The minimum atomic E-state index is -0.219. The quantitative estimate of drug-likeness (QED) is 0.711. The second-order valence-electron chi connectivity index (χ2n) is 8.36. The van der Waals surface area contributed by atoms with Crippen molar-refractivity contribution in [3.05, 3.63) is 34.9 Å². The molecule has 0 radical (unpaired) electrons. The summed E-state index contributed by atoms with van der Waals surface area (Å²) in [6, 6.07) is 0. The lowest BCUT2D eigenvalue weighted by Crippen LogP contribution is -2.45. The highest BCUT2D eigenvalue weighted by molar-refractivity contribution is 5.93. The van der Waals surface area contributed by atoms with Crippen molar-refractivity contribution < 1.29 is 9.59 Å². The number of carbonyl (C=O) groups is 2. The van der Waals surface area contributed by atoms with Crippen LogP contribution in [0.4, 0.5) is 0 Å². The molecule has 2 nitrogen and oxygen atoms in total. The van der Waals surface area contributed by atoms with Gasteiger partial charge in [0.05, 0.1) is 0 Å². The van der Waals surface area contributed by atoms with Gasteiger partial charge in [0, 0.05) is 17.3 Å². The standard InChI is InChI=1S/C21H26O2/c1-13(22)20(2)11-9-19-18-6-4-14-12-15(23)5-7-16(14)17(18)8-10-21(19,20)3/h8,10,12,18-19H,4-7,9,11H2,1-3H3/t18-,19+,20-,21+/m1/s1. The van der Waals surface area contributed by atoms with E-state index in [-0.39, 0.29) is 16.6 Å². The molecule has 4 aliphatic carbocycles. The van der Waals surface area contributed by atoms with Gasteiger partial charge in [-0.1, -0.05) is 26.0 Å². The maximum Gasteiger partial charge on any atom is 0.156 e. The van der Waals surface area contributed by atoms with Crippen LogP contribution in [0, 0.1) is 22.7 Å². The van der Waals surface area contributed by atoms with Crippen molar-refractivity contribution in [2.24, 2.45) is 22.7 Å². The zero-order chi connectivity index (χ0) is 16.4. The first kappa shape index (κ1) is 15.1. The highest BCUT2D eigenvalue weighted by Gasteiger charge is 2.59. The number of rotatable bonds is 1. The van der Waals surface area contributed by atoms with E-state index in [0.29, 0.717) is 24.0 Å². The average Bonchev–Trinajstić information content (AvgIpc) is 2.80. The lowest BCUT2D eigenvalue weighted by Gasteiger charge is -2.48. The molecule has 0 spiro atoms. The number of Topliss-reactive ketones (excluding diaryl/α,β-unsaturated/α-hetero) is 1. The molecule has 0 heterocycles. The van der Waals surface area contributed by atoms with Crippen molar-refractivity contribution >= 4 is 11.6 Å². The Balaban J connectivity index is 1.82. The minimum absolute atomic E-state index is 0.0146. The largest absolute Gasteiger partial charge is 0.299 e. The molecule has 4 rings (SSSR count). The van der Waals surface area contributed by atoms with Gasteiger partial charge < -0.3 is 0 Å². The molecule has 0 saturated heterocycles. The first-order valence-electron chi connectivity index (χ1n) is 9.04. The van der Waals surface area contributed by atoms with Crippen LogP contribution >= 0.6 is 0 Å². The van der Waals surface area contributed by atoms with Crippen LogP contribution < -0.4 is 0 Å². The monoisotopic (exact) mass is 310 g/mol. The SMILES string of the molecule is CC(=O)[C@@]1(C)CC[C@H]2[C@@H]3CCC4=CC(=O)CCC4=C3C=C[C@@]21C. The summed E-state index contributed by atoms with van der Waals surface area (Å²) in [5, 5.41) is 0. The Kier molecular flexibility index (Phi) is 3.14. The van der Waals surface area contributed by atoms with Crippen molar-refractivity contribution in [1.82, 2.24) is 0 Å². The van der Waals surface area contributed by atoms with Crippen molar-refractivity contribution in [2.75, 3.05) is 0 Å². The summed E-state index contributed by atoms with van der Waals surface area (Å²) < 4.78 is 0. The van der Waals surface area contributed by atoms with Crippen LogP contribution in [0.3, 0.4) is 0 Å². The van der Waals surface area contributed by atoms with Crippen molar-refractivity contribution in [3.8, 4) is 0 Å². The fourth-order valence-electron chi connectivity index (χ4n) is 5.81. The molecule has 23 heavy (non-hydrogen) atoms. The molecule has 0 amide bonds. The number of fused-ring (bicyclic) bond motifs is 4. The van der Waals surface area contributed by atoms with Crippen LogP contribution in [-0.4, -0.2) is 11.6 Å². The third-order valence-electron chi connectivity index (χ3n) is 7.60. The Labute approximate surface area is 138 Å². The number of ketones is 2. The first-order valence-corrected chi connectivity index (χ1v) is 9.04. The third-order valence-corrected chi connectivity index (χ3v) is 7.60. The summed E-state index contributed by atoms with van der Waals surface area (Å²) in [6.07, 6.45) is 12.4. The molecule has 0 unspecified atom stereocenters. The summed E-state index contributed by atoms with van der Waals surface area (Å²) in [7, 11) is 0. The number of hydrogen-bond donors (Lipinski definition) is 0. The van der Waals surface area contributed by atoms with E-state index in [2.05, 4.69) is 26.0 Å². The van der Waals surface area contributed by atoms with Crippen LogP contribution in [0.15, 0.2) is 34.9 Å². The molecule has 0 aromatic carbocycles. The summed E-state index contributed by atoms with van der Waals surface area (Å²) in [6.45, 7) is 6.24. The maximum atomic E-state index is 12.4. The molecule has 1 saturated carbocycles. The molecule has 4 atom stereocenters. The summed E-state index contributed by atoms with van der Waals surface area (Å²) in [5.41, 5.74) is 3.97. The van der Waals surface area contributed by atoms with Crippen molar-refractivity contribution in [2.45, 2.75) is 59.3 Å². The Hall–Kier alpha value is -1.44. The third kappa shape index (κ3) is 1.87. The van der Waals surface area contributed by atoms with Gasteiger partial charge in [-0.25, -0.2) is 0 Å². The number of allylic oxidation sites excluding steroid dienone is 6. The van der Waals surface area contributed by atoms with Crippen LogP contribution in [-0.2, 0) is 9.59 Å². The van der Waals surface area contributed by atoms with E-state index in [1.165, 1.54) is 16.7 Å². The van der Waals surface area contributed by atoms with Crippen LogP contribution in [0.25, 0.3) is 0 Å². The van der Waals surface area contributed by atoms with E-state index >= 15 is 0 Å². The summed E-state index contributed by atoms with van der Waals surface area (Å²) >= 11 is 0. The normalized spacial score (nSPS) is 42.0. The molecule has 122 valence electrons. The van der Waals surface area contributed by atoms with Gasteiger partial charge in [0.15, 0.2) is 5.78 Å². The van der Waals surface area contributed by atoms with E-state index in [0.717, 1.165) is 32.1 Å². The van der Waals surface area contributed by atoms with Gasteiger partial charge in [-0.15, -0.1) is 0 Å². The maximum absolute atomic E-state index is 12.4. The molecule has 4 aliphatic rings. The predicted molar refractivity (Wildman–Crippen MR) is 90.8 cm³/mol. The lowest BCUT2D eigenvalue weighted by molar-refractivity contribution is -0.130. The van der Waals surface area contributed by atoms with Crippen LogP contribution in [0.1, 0.15) is 59.3 Å². The van der Waals surface area contributed by atoms with Crippen LogP contribution in [0.5, 0.6) is 0 Å². The minimum Gasteiger partial charge on any atom is -0.299 e. The van der Waals surface area contributed by atoms with Gasteiger partial charge in [-0.3, -0.25) is 9.59 Å².